The van der Waals surface area contributed by atoms with Crippen LogP contribution in [-0.2, 0) is 11.3 Å². The van der Waals surface area contributed by atoms with Crippen LogP contribution < -0.4 is 5.32 Å². The molecular formula is C30H33FN4O2. The molecule has 0 spiro atoms. The lowest BCUT2D eigenvalue weighted by atomic mass is 9.94. The first-order chi connectivity index (χ1) is 17.8. The third-order valence-electron chi connectivity index (χ3n) is 6.66. The lowest BCUT2D eigenvalue weighted by Gasteiger charge is -2.33. The van der Waals surface area contributed by atoms with Crippen LogP contribution in [-0.4, -0.2) is 39.7 Å². The van der Waals surface area contributed by atoms with Gasteiger partial charge in [-0.05, 0) is 75.1 Å². The number of nitrogens with zero attached hydrogens (tertiary/aromatic N) is 2. The fraction of sp³-hybridized carbons (Fsp3) is 0.333. The largest absolute Gasteiger partial charge is 0.444 e. The smallest absolute Gasteiger partial charge is 0.410 e. The van der Waals surface area contributed by atoms with Crippen LogP contribution in [0.1, 0.15) is 50.8 Å². The minimum absolute atomic E-state index is 0.132. The molecule has 1 fully saturated rings. The summed E-state index contributed by atoms with van der Waals surface area (Å²) in [6.45, 7) is 7.54. The molecule has 4 aromatic rings. The summed E-state index contributed by atoms with van der Waals surface area (Å²) in [5.41, 5.74) is 4.50. The Bertz CT molecular complexity index is 1390. The molecule has 1 atom stereocenters. The minimum Gasteiger partial charge on any atom is -0.444 e. The summed E-state index contributed by atoms with van der Waals surface area (Å²) >= 11 is 0. The van der Waals surface area contributed by atoms with Crippen molar-refractivity contribution in [2.45, 2.75) is 51.7 Å². The maximum Gasteiger partial charge on any atom is 0.410 e. The molecule has 6 nitrogen and oxygen atoms in total. The standard InChI is InChI=1S/C30H33FN4O2/c1-30(2,3)37-29(36)35-15-7-10-21(19-35)27-17-25-23(13-14-32-28(25)34-27)24-16-22(11-12-26(24)31)33-18-20-8-5-4-6-9-20/h4-6,8-9,11-14,16-17,21,33H,7,10,15,18-19H2,1-3H3,(H,32,34). The molecule has 192 valence electrons. The van der Waals surface area contributed by atoms with Crippen molar-refractivity contribution in [2.75, 3.05) is 18.4 Å². The maximum absolute atomic E-state index is 15.1. The summed E-state index contributed by atoms with van der Waals surface area (Å²) in [6, 6.07) is 19.1. The van der Waals surface area contributed by atoms with E-state index in [9.17, 15) is 4.79 Å². The van der Waals surface area contributed by atoms with Gasteiger partial charge in [0.2, 0.25) is 0 Å². The van der Waals surface area contributed by atoms with Crippen LogP contribution in [0.2, 0.25) is 0 Å². The second-order valence-electron chi connectivity index (χ2n) is 10.6. The van der Waals surface area contributed by atoms with Crippen molar-refractivity contribution in [3.8, 4) is 11.1 Å². The average Bonchev–Trinajstić information content (AvgIpc) is 3.33. The number of rotatable bonds is 5. The third-order valence-corrected chi connectivity index (χ3v) is 6.66. The van der Waals surface area contributed by atoms with E-state index in [1.807, 2.05) is 51.1 Å². The van der Waals surface area contributed by atoms with Gasteiger partial charge in [-0.2, -0.15) is 0 Å². The number of hydrogen-bond donors (Lipinski definition) is 2. The Labute approximate surface area is 216 Å². The molecule has 1 saturated heterocycles. The van der Waals surface area contributed by atoms with Crippen molar-refractivity contribution in [1.82, 2.24) is 14.9 Å². The number of piperidine rings is 1. The van der Waals surface area contributed by atoms with E-state index >= 15 is 4.39 Å². The van der Waals surface area contributed by atoms with Crippen LogP contribution in [0.5, 0.6) is 0 Å². The highest BCUT2D eigenvalue weighted by Gasteiger charge is 2.29. The van der Waals surface area contributed by atoms with Crippen LogP contribution in [0.15, 0.2) is 66.9 Å². The quantitative estimate of drug-likeness (QED) is 0.307. The Morgan fingerprint density at radius 1 is 1.14 bits per heavy atom. The topological polar surface area (TPSA) is 70.2 Å². The van der Waals surface area contributed by atoms with Crippen LogP contribution in [0.4, 0.5) is 14.9 Å². The highest BCUT2D eigenvalue weighted by atomic mass is 19.1. The Hall–Kier alpha value is -3.87. The van der Waals surface area contributed by atoms with E-state index < -0.39 is 5.60 Å². The van der Waals surface area contributed by atoms with E-state index in [2.05, 4.69) is 33.5 Å². The number of likely N-dealkylation sites (tertiary alicyclic amines) is 1. The zero-order valence-electron chi connectivity index (χ0n) is 21.6. The van der Waals surface area contributed by atoms with Crippen molar-refractivity contribution in [1.29, 1.82) is 0 Å². The van der Waals surface area contributed by atoms with E-state index in [1.165, 1.54) is 6.07 Å². The number of ether oxygens (including phenoxy) is 1. The molecule has 37 heavy (non-hydrogen) atoms. The number of benzene rings is 2. The van der Waals surface area contributed by atoms with Crippen molar-refractivity contribution in [2.24, 2.45) is 0 Å². The second kappa shape index (κ2) is 10.2. The van der Waals surface area contributed by atoms with Gasteiger partial charge in [-0.15, -0.1) is 0 Å². The molecule has 3 heterocycles. The lowest BCUT2D eigenvalue weighted by molar-refractivity contribution is 0.0197. The number of carbonyl (C=O) groups is 1. The zero-order chi connectivity index (χ0) is 26.0. The van der Waals surface area contributed by atoms with Gasteiger partial charge in [-0.1, -0.05) is 30.3 Å². The van der Waals surface area contributed by atoms with Crippen molar-refractivity contribution in [3.63, 3.8) is 0 Å². The molecule has 2 aromatic heterocycles. The van der Waals surface area contributed by atoms with E-state index in [1.54, 1.807) is 17.2 Å². The summed E-state index contributed by atoms with van der Waals surface area (Å²) < 4.78 is 20.7. The molecule has 1 aliphatic rings. The van der Waals surface area contributed by atoms with Gasteiger partial charge in [0.25, 0.3) is 0 Å². The average molecular weight is 501 g/mol. The highest BCUT2D eigenvalue weighted by Crippen LogP contribution is 2.35. The first kappa shape index (κ1) is 24.8. The molecule has 2 aromatic carbocycles. The summed E-state index contributed by atoms with van der Waals surface area (Å²) in [4.78, 5) is 22.4. The number of pyridine rings is 1. The minimum atomic E-state index is -0.529. The number of aromatic amines is 1. The number of hydrogen-bond acceptors (Lipinski definition) is 4. The summed E-state index contributed by atoms with van der Waals surface area (Å²) in [6.07, 6.45) is 3.27. The summed E-state index contributed by atoms with van der Waals surface area (Å²) in [5.74, 6) is -0.152. The number of halogens is 1. The molecule has 1 aliphatic heterocycles. The zero-order valence-corrected chi connectivity index (χ0v) is 21.6. The Balaban J connectivity index is 1.40. The van der Waals surface area contributed by atoms with Crippen LogP contribution in [0.25, 0.3) is 22.2 Å². The molecule has 0 aliphatic carbocycles. The van der Waals surface area contributed by atoms with Crippen molar-refractivity contribution in [3.05, 3.63) is 83.9 Å². The predicted molar refractivity (Wildman–Crippen MR) is 145 cm³/mol. The number of carbonyl (C=O) groups excluding carboxylic acids is 1. The molecule has 2 N–H and O–H groups in total. The van der Waals surface area contributed by atoms with Gasteiger partial charge in [0, 0.05) is 54.1 Å². The number of anilines is 1. The lowest BCUT2D eigenvalue weighted by Crippen LogP contribution is -2.42. The molecule has 0 bridgehead atoms. The first-order valence-electron chi connectivity index (χ1n) is 12.8. The maximum atomic E-state index is 15.1. The van der Waals surface area contributed by atoms with Crippen LogP contribution in [0, 0.1) is 5.82 Å². The molecular weight excluding hydrogens is 467 g/mol. The summed E-state index contributed by atoms with van der Waals surface area (Å²) in [5, 5.41) is 4.26. The van der Waals surface area contributed by atoms with Crippen LogP contribution >= 0.6 is 0 Å². The SMILES string of the molecule is CC(C)(C)OC(=O)N1CCCC(c2cc3c(-c4cc(NCc5ccccc5)ccc4F)ccnc3[nH]2)C1. The van der Waals surface area contributed by atoms with Gasteiger partial charge < -0.3 is 19.9 Å². The Kier molecular flexibility index (Phi) is 6.87. The number of H-pyrrole nitrogens is 1. The van der Waals surface area contributed by atoms with Crippen molar-refractivity contribution < 1.29 is 13.9 Å². The van der Waals surface area contributed by atoms with E-state index in [-0.39, 0.29) is 17.8 Å². The highest BCUT2D eigenvalue weighted by molar-refractivity contribution is 5.94. The third kappa shape index (κ3) is 5.77. The van der Waals surface area contributed by atoms with Gasteiger partial charge in [0.15, 0.2) is 0 Å². The van der Waals surface area contributed by atoms with Gasteiger partial charge in [-0.25, -0.2) is 14.2 Å². The first-order valence-corrected chi connectivity index (χ1v) is 12.8. The molecule has 0 radical (unpaired) electrons. The van der Waals surface area contributed by atoms with E-state index in [0.29, 0.717) is 30.8 Å². The molecule has 1 unspecified atom stereocenters. The van der Waals surface area contributed by atoms with E-state index in [4.69, 9.17) is 4.74 Å². The van der Waals surface area contributed by atoms with Gasteiger partial charge in [0.1, 0.15) is 17.1 Å². The monoisotopic (exact) mass is 500 g/mol. The summed E-state index contributed by atoms with van der Waals surface area (Å²) in [7, 11) is 0. The van der Waals surface area contributed by atoms with Gasteiger partial charge in [0.05, 0.1) is 0 Å². The molecule has 7 heteroatoms. The number of aromatic nitrogens is 2. The van der Waals surface area contributed by atoms with Gasteiger partial charge in [-0.3, -0.25) is 0 Å². The van der Waals surface area contributed by atoms with Crippen molar-refractivity contribution >= 4 is 22.8 Å². The molecule has 5 rings (SSSR count). The Morgan fingerprint density at radius 3 is 2.73 bits per heavy atom. The molecule has 1 amide bonds. The Morgan fingerprint density at radius 2 is 1.95 bits per heavy atom. The normalized spacial score (nSPS) is 16.1. The number of nitrogens with one attached hydrogen (secondary N) is 2. The fourth-order valence-electron chi connectivity index (χ4n) is 4.87. The van der Waals surface area contributed by atoms with Crippen LogP contribution in [0.3, 0.4) is 0 Å². The number of amides is 1. The molecule has 0 saturated carbocycles. The number of fused-ring (bicyclic) bond motifs is 1. The predicted octanol–water partition coefficient (Wildman–Crippen LogP) is 7.10. The van der Waals surface area contributed by atoms with E-state index in [0.717, 1.165) is 40.7 Å². The fourth-order valence-corrected chi connectivity index (χ4v) is 4.87. The van der Waals surface area contributed by atoms with Gasteiger partial charge >= 0.3 is 6.09 Å². The second-order valence-corrected chi connectivity index (χ2v) is 10.6.